The Balaban J connectivity index is 2.69. The van der Waals surface area contributed by atoms with E-state index in [1.165, 1.54) is 0 Å². The van der Waals surface area contributed by atoms with Crippen molar-refractivity contribution >= 4 is 23.2 Å². The van der Waals surface area contributed by atoms with Gasteiger partial charge in [-0.25, -0.2) is 0 Å². The highest BCUT2D eigenvalue weighted by Gasteiger charge is 2.35. The Morgan fingerprint density at radius 3 is 2.79 bits per heavy atom. The lowest BCUT2D eigenvalue weighted by molar-refractivity contribution is 0.708. The predicted octanol–water partition coefficient (Wildman–Crippen LogP) is 4.44. The first-order chi connectivity index (χ1) is 6.61. The standard InChI is InChI=1S/C12H16Cl2/c1-3-4-7-10(2)12(14)9-6-5-8-11(12)13/h5-6,8-9,11H,2-4,7H2,1H3. The van der Waals surface area contributed by atoms with Crippen molar-refractivity contribution in [2.75, 3.05) is 0 Å². The van der Waals surface area contributed by atoms with E-state index >= 15 is 0 Å². The third-order valence-corrected chi connectivity index (χ3v) is 3.74. The fourth-order valence-corrected chi connectivity index (χ4v) is 2.03. The van der Waals surface area contributed by atoms with Crippen molar-refractivity contribution in [1.29, 1.82) is 0 Å². The SMILES string of the molecule is C=C(CCCC)C1(Cl)C=CC=CC1Cl. The molecule has 2 unspecified atom stereocenters. The van der Waals surface area contributed by atoms with Gasteiger partial charge in [0.05, 0.1) is 5.38 Å². The van der Waals surface area contributed by atoms with Gasteiger partial charge in [0.2, 0.25) is 0 Å². The lowest BCUT2D eigenvalue weighted by Crippen LogP contribution is -2.32. The molecule has 0 saturated heterocycles. The summed E-state index contributed by atoms with van der Waals surface area (Å²) in [6.07, 6.45) is 10.9. The molecular formula is C12H16Cl2. The van der Waals surface area contributed by atoms with Gasteiger partial charge in [-0.05, 0) is 12.8 Å². The number of alkyl halides is 2. The minimum Gasteiger partial charge on any atom is -0.116 e. The fourth-order valence-electron chi connectivity index (χ4n) is 1.48. The first-order valence-corrected chi connectivity index (χ1v) is 5.80. The molecule has 0 aliphatic heterocycles. The molecule has 2 heteroatoms. The van der Waals surface area contributed by atoms with Crippen LogP contribution in [0, 0.1) is 0 Å². The van der Waals surface area contributed by atoms with Crippen molar-refractivity contribution in [3.63, 3.8) is 0 Å². The summed E-state index contributed by atoms with van der Waals surface area (Å²) in [4.78, 5) is -0.578. The fraction of sp³-hybridized carbons (Fsp3) is 0.500. The molecule has 0 heterocycles. The van der Waals surface area contributed by atoms with Crippen LogP contribution in [-0.4, -0.2) is 10.3 Å². The molecule has 1 aliphatic rings. The van der Waals surface area contributed by atoms with Gasteiger partial charge in [0.25, 0.3) is 0 Å². The Hall–Kier alpha value is -0.200. The average molecular weight is 231 g/mol. The largest absolute Gasteiger partial charge is 0.116 e. The molecule has 0 bridgehead atoms. The molecule has 0 N–H and O–H groups in total. The summed E-state index contributed by atoms with van der Waals surface area (Å²) >= 11 is 12.6. The van der Waals surface area contributed by atoms with Gasteiger partial charge in [-0.3, -0.25) is 0 Å². The number of rotatable bonds is 4. The maximum atomic E-state index is 6.44. The monoisotopic (exact) mass is 230 g/mol. The molecule has 0 nitrogen and oxygen atoms in total. The molecule has 14 heavy (non-hydrogen) atoms. The number of unbranched alkanes of at least 4 members (excludes halogenated alkanes) is 1. The van der Waals surface area contributed by atoms with Crippen LogP contribution in [-0.2, 0) is 0 Å². The molecule has 0 aromatic rings. The first-order valence-electron chi connectivity index (χ1n) is 4.98. The Morgan fingerprint density at radius 2 is 2.21 bits per heavy atom. The molecule has 2 atom stereocenters. The van der Waals surface area contributed by atoms with E-state index in [1.54, 1.807) is 0 Å². The van der Waals surface area contributed by atoms with E-state index in [-0.39, 0.29) is 5.38 Å². The molecule has 0 aromatic carbocycles. The molecule has 78 valence electrons. The van der Waals surface area contributed by atoms with Crippen molar-refractivity contribution in [2.45, 2.75) is 36.4 Å². The van der Waals surface area contributed by atoms with Crippen molar-refractivity contribution in [2.24, 2.45) is 0 Å². The van der Waals surface area contributed by atoms with Gasteiger partial charge in [-0.15, -0.1) is 23.2 Å². The lowest BCUT2D eigenvalue weighted by atomic mass is 9.89. The Bertz CT molecular complexity index is 265. The van der Waals surface area contributed by atoms with Crippen molar-refractivity contribution in [3.8, 4) is 0 Å². The number of halogens is 2. The van der Waals surface area contributed by atoms with Gasteiger partial charge in [0, 0.05) is 0 Å². The van der Waals surface area contributed by atoms with Gasteiger partial charge < -0.3 is 0 Å². The number of hydrogen-bond acceptors (Lipinski definition) is 0. The lowest BCUT2D eigenvalue weighted by Gasteiger charge is -2.31. The number of allylic oxidation sites excluding steroid dienone is 5. The number of hydrogen-bond donors (Lipinski definition) is 0. The highest BCUT2D eigenvalue weighted by atomic mass is 35.5. The summed E-state index contributed by atoms with van der Waals surface area (Å²) in [6.45, 7) is 6.19. The van der Waals surface area contributed by atoms with Crippen LogP contribution >= 0.6 is 23.2 Å². The molecule has 0 amide bonds. The molecule has 0 spiro atoms. The highest BCUT2D eigenvalue weighted by Crippen LogP contribution is 2.38. The molecule has 0 fully saturated rings. The minimum atomic E-state index is -0.578. The van der Waals surface area contributed by atoms with Crippen LogP contribution in [0.25, 0.3) is 0 Å². The van der Waals surface area contributed by atoms with Crippen molar-refractivity contribution in [1.82, 2.24) is 0 Å². The maximum Gasteiger partial charge on any atom is 0.103 e. The van der Waals surface area contributed by atoms with Crippen LogP contribution in [0.5, 0.6) is 0 Å². The molecular weight excluding hydrogens is 215 g/mol. The summed E-state index contributed by atoms with van der Waals surface area (Å²) < 4.78 is 0. The van der Waals surface area contributed by atoms with E-state index in [1.807, 2.05) is 24.3 Å². The minimum absolute atomic E-state index is 0.182. The topological polar surface area (TPSA) is 0 Å². The van der Waals surface area contributed by atoms with E-state index in [0.29, 0.717) is 0 Å². The van der Waals surface area contributed by atoms with Crippen molar-refractivity contribution in [3.05, 3.63) is 36.5 Å². The summed E-state index contributed by atoms with van der Waals surface area (Å²) in [6, 6.07) is 0. The Kier molecular flexibility index (Phi) is 4.28. The summed E-state index contributed by atoms with van der Waals surface area (Å²) in [5.41, 5.74) is 1.02. The quantitative estimate of drug-likeness (QED) is 0.495. The predicted molar refractivity (Wildman–Crippen MR) is 65.2 cm³/mol. The Morgan fingerprint density at radius 1 is 1.50 bits per heavy atom. The van der Waals surface area contributed by atoms with E-state index in [4.69, 9.17) is 23.2 Å². The first kappa shape index (κ1) is 11.9. The van der Waals surface area contributed by atoms with Crippen LogP contribution < -0.4 is 0 Å². The van der Waals surface area contributed by atoms with Crippen LogP contribution in [0.2, 0.25) is 0 Å². The second kappa shape index (κ2) is 5.04. The third-order valence-electron chi connectivity index (χ3n) is 2.51. The van der Waals surface area contributed by atoms with Crippen molar-refractivity contribution < 1.29 is 0 Å². The zero-order valence-electron chi connectivity index (χ0n) is 8.47. The molecule has 0 radical (unpaired) electrons. The smallest absolute Gasteiger partial charge is 0.103 e. The van der Waals surface area contributed by atoms with E-state index in [9.17, 15) is 0 Å². The molecule has 0 aromatic heterocycles. The maximum absolute atomic E-state index is 6.44. The Labute approximate surface area is 96.3 Å². The average Bonchev–Trinajstić information content (AvgIpc) is 2.19. The van der Waals surface area contributed by atoms with Gasteiger partial charge in [0.15, 0.2) is 0 Å². The highest BCUT2D eigenvalue weighted by molar-refractivity contribution is 6.36. The summed E-state index contributed by atoms with van der Waals surface area (Å²) in [5.74, 6) is 0. The van der Waals surface area contributed by atoms with Gasteiger partial charge in [0.1, 0.15) is 4.87 Å². The van der Waals surface area contributed by atoms with Crippen LogP contribution in [0.1, 0.15) is 26.2 Å². The van der Waals surface area contributed by atoms with Gasteiger partial charge in [-0.2, -0.15) is 0 Å². The normalized spacial score (nSPS) is 30.6. The van der Waals surface area contributed by atoms with E-state index in [2.05, 4.69) is 13.5 Å². The zero-order chi connectivity index (χ0) is 10.6. The van der Waals surface area contributed by atoms with E-state index in [0.717, 1.165) is 24.8 Å². The van der Waals surface area contributed by atoms with Gasteiger partial charge >= 0.3 is 0 Å². The molecule has 1 aliphatic carbocycles. The summed E-state index contributed by atoms with van der Waals surface area (Å²) in [5, 5.41) is -0.182. The second-order valence-corrected chi connectivity index (χ2v) is 4.72. The van der Waals surface area contributed by atoms with Crippen LogP contribution in [0.4, 0.5) is 0 Å². The van der Waals surface area contributed by atoms with E-state index < -0.39 is 4.87 Å². The molecule has 1 rings (SSSR count). The van der Waals surface area contributed by atoms with Crippen LogP contribution in [0.15, 0.2) is 36.5 Å². The third kappa shape index (κ3) is 2.43. The second-order valence-electron chi connectivity index (χ2n) is 3.62. The summed E-state index contributed by atoms with van der Waals surface area (Å²) in [7, 11) is 0. The zero-order valence-corrected chi connectivity index (χ0v) is 9.98. The molecule has 0 saturated carbocycles. The van der Waals surface area contributed by atoms with Crippen LogP contribution in [0.3, 0.4) is 0 Å². The van der Waals surface area contributed by atoms with Gasteiger partial charge in [-0.1, -0.05) is 49.8 Å².